The molecule has 0 amide bonds. The molecular formula is C24H27P. The summed E-state index contributed by atoms with van der Waals surface area (Å²) in [5.41, 5.74) is 4.81. The van der Waals surface area contributed by atoms with Gasteiger partial charge in [-0.15, -0.1) is 9.24 Å². The third-order valence-electron chi connectivity index (χ3n) is 5.37. The van der Waals surface area contributed by atoms with Crippen molar-refractivity contribution in [2.24, 2.45) is 0 Å². The van der Waals surface area contributed by atoms with Crippen LogP contribution in [0.3, 0.4) is 0 Å². The molecule has 0 aromatic heterocycles. The first-order chi connectivity index (χ1) is 12.3. The molecule has 0 aliphatic carbocycles. The standard InChI is InChI=1S/C24H27P/c1-2-24(21-14-8-4-9-15-21,22-16-10-5-11-17-22)19-18-23(25)20-12-6-3-7-13-20/h3-17,23H,2,18-19,25H2,1H3. The predicted molar refractivity (Wildman–Crippen MR) is 112 cm³/mol. The van der Waals surface area contributed by atoms with Gasteiger partial charge in [0, 0.05) is 5.41 Å². The van der Waals surface area contributed by atoms with Gasteiger partial charge < -0.3 is 0 Å². The summed E-state index contributed by atoms with van der Waals surface area (Å²) in [6, 6.07) is 32.8. The summed E-state index contributed by atoms with van der Waals surface area (Å²) in [7, 11) is 3.05. The van der Waals surface area contributed by atoms with Crippen LogP contribution in [0.25, 0.3) is 0 Å². The molecule has 0 saturated carbocycles. The van der Waals surface area contributed by atoms with Crippen molar-refractivity contribution in [3.8, 4) is 0 Å². The van der Waals surface area contributed by atoms with Gasteiger partial charge in [-0.25, -0.2) is 0 Å². The lowest BCUT2D eigenvalue weighted by molar-refractivity contribution is 0.438. The van der Waals surface area contributed by atoms with E-state index in [1.165, 1.54) is 16.7 Å². The molecule has 0 spiro atoms. The first-order valence-electron chi connectivity index (χ1n) is 9.18. The van der Waals surface area contributed by atoms with Crippen molar-refractivity contribution in [2.45, 2.75) is 37.3 Å². The average molecular weight is 346 g/mol. The van der Waals surface area contributed by atoms with Crippen LogP contribution >= 0.6 is 9.24 Å². The summed E-state index contributed by atoms with van der Waals surface area (Å²) in [6.07, 6.45) is 3.39. The quantitative estimate of drug-likeness (QED) is 0.414. The maximum absolute atomic E-state index is 3.05. The van der Waals surface area contributed by atoms with Crippen LogP contribution in [0.15, 0.2) is 91.0 Å². The van der Waals surface area contributed by atoms with E-state index < -0.39 is 0 Å². The van der Waals surface area contributed by atoms with Crippen LogP contribution < -0.4 is 0 Å². The van der Waals surface area contributed by atoms with Crippen molar-refractivity contribution in [3.05, 3.63) is 108 Å². The molecule has 0 fully saturated rings. The van der Waals surface area contributed by atoms with Gasteiger partial charge in [0.2, 0.25) is 0 Å². The van der Waals surface area contributed by atoms with Gasteiger partial charge in [0.1, 0.15) is 0 Å². The van der Waals surface area contributed by atoms with Gasteiger partial charge in [0.15, 0.2) is 0 Å². The summed E-state index contributed by atoms with van der Waals surface area (Å²) in [6.45, 7) is 2.32. The number of benzene rings is 3. The number of hydrogen-bond acceptors (Lipinski definition) is 0. The SMILES string of the molecule is CCC(CCC(P)c1ccccc1)(c1ccccc1)c1ccccc1. The zero-order valence-electron chi connectivity index (χ0n) is 14.9. The Morgan fingerprint density at radius 2 is 1.16 bits per heavy atom. The van der Waals surface area contributed by atoms with Crippen molar-refractivity contribution in [2.75, 3.05) is 0 Å². The summed E-state index contributed by atoms with van der Waals surface area (Å²) in [4.78, 5) is 0. The van der Waals surface area contributed by atoms with E-state index in [1.54, 1.807) is 0 Å². The highest BCUT2D eigenvalue weighted by Crippen LogP contribution is 2.42. The molecule has 128 valence electrons. The van der Waals surface area contributed by atoms with Crippen molar-refractivity contribution in [1.29, 1.82) is 0 Å². The van der Waals surface area contributed by atoms with E-state index in [9.17, 15) is 0 Å². The van der Waals surface area contributed by atoms with Crippen LogP contribution in [0.4, 0.5) is 0 Å². The second-order valence-corrected chi connectivity index (χ2v) is 7.53. The smallest absolute Gasteiger partial charge is 0.0200 e. The minimum atomic E-state index is 0.0755. The minimum Gasteiger partial charge on any atom is -0.130 e. The molecule has 2 atom stereocenters. The number of rotatable bonds is 7. The fraction of sp³-hybridized carbons (Fsp3) is 0.250. The first kappa shape index (κ1) is 17.9. The second kappa shape index (κ2) is 8.45. The van der Waals surface area contributed by atoms with Gasteiger partial charge in [-0.1, -0.05) is 97.9 Å². The van der Waals surface area contributed by atoms with Gasteiger partial charge in [-0.05, 0) is 41.6 Å². The Hall–Kier alpha value is -1.91. The Bertz CT molecular complexity index is 710. The molecule has 25 heavy (non-hydrogen) atoms. The van der Waals surface area contributed by atoms with E-state index in [4.69, 9.17) is 0 Å². The minimum absolute atomic E-state index is 0.0755. The Labute approximate surface area is 154 Å². The lowest BCUT2D eigenvalue weighted by Crippen LogP contribution is -2.27. The van der Waals surface area contributed by atoms with Crippen LogP contribution in [0.2, 0.25) is 0 Å². The van der Waals surface area contributed by atoms with E-state index in [0.717, 1.165) is 19.3 Å². The molecule has 2 unspecified atom stereocenters. The molecule has 3 aromatic rings. The molecule has 0 nitrogen and oxygen atoms in total. The molecular weight excluding hydrogens is 319 g/mol. The van der Waals surface area contributed by atoms with E-state index >= 15 is 0 Å². The average Bonchev–Trinajstić information content (AvgIpc) is 2.71. The molecule has 0 N–H and O–H groups in total. The highest BCUT2D eigenvalue weighted by atomic mass is 31.0. The lowest BCUT2D eigenvalue weighted by atomic mass is 9.69. The van der Waals surface area contributed by atoms with E-state index in [2.05, 4.69) is 107 Å². The summed E-state index contributed by atoms with van der Waals surface area (Å²) in [5.74, 6) is 0. The molecule has 0 saturated heterocycles. The summed E-state index contributed by atoms with van der Waals surface area (Å²) >= 11 is 0. The highest BCUT2D eigenvalue weighted by Gasteiger charge is 2.32. The maximum atomic E-state index is 3.05. The molecule has 3 aromatic carbocycles. The topological polar surface area (TPSA) is 0 Å². The normalized spacial score (nSPS) is 12.7. The highest BCUT2D eigenvalue weighted by molar-refractivity contribution is 7.17. The molecule has 1 heteroatoms. The fourth-order valence-electron chi connectivity index (χ4n) is 3.82. The van der Waals surface area contributed by atoms with Gasteiger partial charge in [-0.2, -0.15) is 0 Å². The second-order valence-electron chi connectivity index (χ2n) is 6.72. The van der Waals surface area contributed by atoms with E-state index in [-0.39, 0.29) is 5.41 Å². The Morgan fingerprint density at radius 1 is 0.720 bits per heavy atom. The third kappa shape index (κ3) is 4.02. The van der Waals surface area contributed by atoms with Gasteiger partial charge in [0.05, 0.1) is 0 Å². The van der Waals surface area contributed by atoms with Gasteiger partial charge in [0.25, 0.3) is 0 Å². The Kier molecular flexibility index (Phi) is 6.05. The van der Waals surface area contributed by atoms with Crippen molar-refractivity contribution >= 4 is 9.24 Å². The Morgan fingerprint density at radius 3 is 1.60 bits per heavy atom. The maximum Gasteiger partial charge on any atom is 0.0200 e. The van der Waals surface area contributed by atoms with E-state index in [1.807, 2.05) is 0 Å². The van der Waals surface area contributed by atoms with E-state index in [0.29, 0.717) is 5.66 Å². The monoisotopic (exact) mass is 346 g/mol. The van der Waals surface area contributed by atoms with Crippen molar-refractivity contribution < 1.29 is 0 Å². The molecule has 3 rings (SSSR count). The largest absolute Gasteiger partial charge is 0.130 e. The van der Waals surface area contributed by atoms with Gasteiger partial charge >= 0.3 is 0 Å². The van der Waals surface area contributed by atoms with Gasteiger partial charge in [-0.3, -0.25) is 0 Å². The van der Waals surface area contributed by atoms with Crippen LogP contribution in [-0.2, 0) is 5.41 Å². The zero-order chi connectivity index (χ0) is 17.5. The molecule has 0 radical (unpaired) electrons. The third-order valence-corrected chi connectivity index (χ3v) is 6.08. The molecule has 0 aliphatic heterocycles. The Balaban J connectivity index is 1.92. The molecule has 0 aliphatic rings. The van der Waals surface area contributed by atoms with Crippen LogP contribution in [0, 0.1) is 0 Å². The summed E-state index contributed by atoms with van der Waals surface area (Å²) in [5, 5.41) is 0. The van der Waals surface area contributed by atoms with Crippen LogP contribution in [-0.4, -0.2) is 0 Å². The van der Waals surface area contributed by atoms with Crippen molar-refractivity contribution in [1.82, 2.24) is 0 Å². The number of hydrogen-bond donors (Lipinski definition) is 0. The predicted octanol–water partition coefficient (Wildman–Crippen LogP) is 6.78. The van der Waals surface area contributed by atoms with Crippen molar-refractivity contribution in [3.63, 3.8) is 0 Å². The van der Waals surface area contributed by atoms with Crippen LogP contribution in [0.1, 0.15) is 48.5 Å². The molecule has 0 heterocycles. The summed E-state index contributed by atoms with van der Waals surface area (Å²) < 4.78 is 0. The van der Waals surface area contributed by atoms with Crippen LogP contribution in [0.5, 0.6) is 0 Å². The zero-order valence-corrected chi connectivity index (χ0v) is 16.1. The first-order valence-corrected chi connectivity index (χ1v) is 9.84. The lowest BCUT2D eigenvalue weighted by Gasteiger charge is -2.35. The fourth-order valence-corrected chi connectivity index (χ4v) is 4.21. The molecule has 0 bridgehead atoms.